The van der Waals surface area contributed by atoms with Gasteiger partial charge in [0.2, 0.25) is 0 Å². The van der Waals surface area contributed by atoms with Gasteiger partial charge < -0.3 is 4.74 Å². The largest absolute Gasteiger partial charge is 0.456 e. The van der Waals surface area contributed by atoms with Crippen molar-refractivity contribution in [3.8, 4) is 50.9 Å². The summed E-state index contributed by atoms with van der Waals surface area (Å²) in [6, 6.07) is 56.4. The Morgan fingerprint density at radius 1 is 0.383 bits per heavy atom. The third-order valence-corrected chi connectivity index (χ3v) is 9.83. The second-order valence-electron chi connectivity index (χ2n) is 12.4. The zero-order valence-corrected chi connectivity index (χ0v) is 25.3. The minimum atomic E-state index is 0.597. The van der Waals surface area contributed by atoms with Crippen LogP contribution in [0.4, 0.5) is 0 Å². The number of hydrogen-bond donors (Lipinski definition) is 0. The highest BCUT2D eigenvalue weighted by Crippen LogP contribution is 2.49. The summed E-state index contributed by atoms with van der Waals surface area (Å²) in [6.07, 6.45) is 0. The van der Waals surface area contributed by atoms with E-state index in [0.717, 1.165) is 44.5 Å². The highest BCUT2D eigenvalue weighted by molar-refractivity contribution is 6.24. The number of ether oxygens (including phenoxy) is 1. The molecule has 0 amide bonds. The number of nitrogens with zero attached hydrogens (tertiary/aromatic N) is 1. The number of fused-ring (bicyclic) bond motifs is 8. The summed E-state index contributed by atoms with van der Waals surface area (Å²) >= 11 is 0. The van der Waals surface area contributed by atoms with E-state index in [2.05, 4.69) is 140 Å². The van der Waals surface area contributed by atoms with Crippen molar-refractivity contribution in [1.82, 2.24) is 0 Å². The van der Waals surface area contributed by atoms with Crippen LogP contribution in [0.5, 0.6) is 11.5 Å². The number of benzene rings is 9. The first-order valence-corrected chi connectivity index (χ1v) is 15.9. The molecule has 0 N–H and O–H groups in total. The van der Waals surface area contributed by atoms with E-state index in [0.29, 0.717) is 5.56 Å². The minimum Gasteiger partial charge on any atom is -0.456 e. The van der Waals surface area contributed by atoms with Gasteiger partial charge in [0, 0.05) is 10.9 Å². The van der Waals surface area contributed by atoms with Gasteiger partial charge in [0.25, 0.3) is 0 Å². The number of rotatable bonds is 2. The molecule has 47 heavy (non-hydrogen) atoms. The summed E-state index contributed by atoms with van der Waals surface area (Å²) in [6.45, 7) is 0. The summed E-state index contributed by atoms with van der Waals surface area (Å²) < 4.78 is 6.57. The lowest BCUT2D eigenvalue weighted by Gasteiger charge is -2.22. The van der Waals surface area contributed by atoms with Crippen molar-refractivity contribution in [2.75, 3.05) is 0 Å². The van der Waals surface area contributed by atoms with E-state index < -0.39 is 0 Å². The summed E-state index contributed by atoms with van der Waals surface area (Å²) in [5, 5.41) is 21.6. The fourth-order valence-corrected chi connectivity index (χ4v) is 7.75. The normalized spacial score (nSPS) is 12.0. The molecule has 0 spiro atoms. The standard InChI is InChI=1S/C45H25NO/c46-26-27-21-30-11-8-18-38-37-20-19-29(23-43(37)47-44(22-27)45(30)38)39-24-41-36-16-6-5-15-35(36)40(25-42(41)34-14-4-3-13-33(34)39)32-17-7-10-28-9-1-2-12-31(28)32/h1-25H. The van der Waals surface area contributed by atoms with Gasteiger partial charge in [0.1, 0.15) is 11.5 Å². The zero-order chi connectivity index (χ0) is 31.1. The van der Waals surface area contributed by atoms with Crippen LogP contribution in [0.15, 0.2) is 152 Å². The van der Waals surface area contributed by atoms with E-state index in [-0.39, 0.29) is 0 Å². The van der Waals surface area contributed by atoms with Gasteiger partial charge in [-0.25, -0.2) is 0 Å². The van der Waals surface area contributed by atoms with Gasteiger partial charge in [-0.2, -0.15) is 5.26 Å². The maximum Gasteiger partial charge on any atom is 0.137 e. The van der Waals surface area contributed by atoms with Crippen molar-refractivity contribution >= 4 is 53.9 Å². The van der Waals surface area contributed by atoms with E-state index in [1.54, 1.807) is 0 Å². The third kappa shape index (κ3) is 3.78. The average molecular weight is 596 g/mol. The first kappa shape index (κ1) is 25.9. The second kappa shape index (κ2) is 9.78. The Morgan fingerprint density at radius 3 is 1.77 bits per heavy atom. The number of hydrogen-bond acceptors (Lipinski definition) is 2. The third-order valence-electron chi connectivity index (χ3n) is 9.83. The van der Waals surface area contributed by atoms with Crippen molar-refractivity contribution in [3.05, 3.63) is 157 Å². The highest BCUT2D eigenvalue weighted by Gasteiger charge is 2.22. The van der Waals surface area contributed by atoms with Crippen LogP contribution in [0.3, 0.4) is 0 Å². The van der Waals surface area contributed by atoms with E-state index >= 15 is 0 Å². The molecule has 216 valence electrons. The SMILES string of the molecule is N#Cc1cc2c3c(cccc3c1)-c1ccc(-c3cc4c5ccccc5c(-c5cccc6ccccc56)cc4c4ccccc34)cc1O2. The number of nitriles is 1. The Balaban J connectivity index is 1.23. The monoisotopic (exact) mass is 595 g/mol. The van der Waals surface area contributed by atoms with Crippen molar-refractivity contribution in [2.45, 2.75) is 0 Å². The topological polar surface area (TPSA) is 33.0 Å². The van der Waals surface area contributed by atoms with Crippen LogP contribution in [0.1, 0.15) is 5.56 Å². The molecule has 0 fully saturated rings. The molecule has 0 unspecified atom stereocenters. The van der Waals surface area contributed by atoms with E-state index in [1.807, 2.05) is 18.2 Å². The lowest BCUT2D eigenvalue weighted by Crippen LogP contribution is -1.98. The highest BCUT2D eigenvalue weighted by atomic mass is 16.5. The summed E-state index contributed by atoms with van der Waals surface area (Å²) in [5.41, 5.74) is 7.54. The molecular weight excluding hydrogens is 571 g/mol. The van der Waals surface area contributed by atoms with E-state index in [9.17, 15) is 5.26 Å². The van der Waals surface area contributed by atoms with Gasteiger partial charge in [-0.15, -0.1) is 0 Å². The molecular formula is C45H25NO. The van der Waals surface area contributed by atoms with Gasteiger partial charge >= 0.3 is 0 Å². The molecule has 0 saturated heterocycles. The van der Waals surface area contributed by atoms with Crippen LogP contribution in [0.2, 0.25) is 0 Å². The van der Waals surface area contributed by atoms with Crippen LogP contribution < -0.4 is 4.74 Å². The second-order valence-corrected chi connectivity index (χ2v) is 12.4. The molecule has 1 aliphatic rings. The molecule has 1 aliphatic heterocycles. The van der Waals surface area contributed by atoms with Gasteiger partial charge in [-0.05, 0) is 113 Å². The summed E-state index contributed by atoms with van der Waals surface area (Å²) in [5.74, 6) is 1.53. The predicted octanol–water partition coefficient (Wildman–Crippen LogP) is 12.4. The maximum atomic E-state index is 9.68. The molecule has 9 aromatic carbocycles. The maximum absolute atomic E-state index is 9.68. The Hall–Kier alpha value is -6.43. The average Bonchev–Trinajstić information content (AvgIpc) is 3.13. The van der Waals surface area contributed by atoms with Crippen molar-refractivity contribution in [3.63, 3.8) is 0 Å². The Kier molecular flexibility index (Phi) is 5.38. The first-order chi connectivity index (χ1) is 23.2. The molecule has 10 rings (SSSR count). The molecule has 0 aromatic heterocycles. The molecule has 2 heteroatoms. The van der Waals surface area contributed by atoms with E-state index in [4.69, 9.17) is 4.74 Å². The van der Waals surface area contributed by atoms with Crippen LogP contribution in [-0.4, -0.2) is 0 Å². The molecule has 2 nitrogen and oxygen atoms in total. The van der Waals surface area contributed by atoms with Gasteiger partial charge in [-0.1, -0.05) is 115 Å². The van der Waals surface area contributed by atoms with Gasteiger partial charge in [-0.3, -0.25) is 0 Å². The molecule has 0 saturated carbocycles. The van der Waals surface area contributed by atoms with Crippen LogP contribution >= 0.6 is 0 Å². The Bertz CT molecular complexity index is 2830. The quantitative estimate of drug-likeness (QED) is 0.186. The molecule has 0 radical (unpaired) electrons. The fourth-order valence-electron chi connectivity index (χ4n) is 7.75. The summed E-state index contributed by atoms with van der Waals surface area (Å²) in [4.78, 5) is 0. The molecule has 0 atom stereocenters. The van der Waals surface area contributed by atoms with Gasteiger partial charge in [0.15, 0.2) is 0 Å². The zero-order valence-electron chi connectivity index (χ0n) is 25.3. The summed E-state index contributed by atoms with van der Waals surface area (Å²) in [7, 11) is 0. The predicted molar refractivity (Wildman–Crippen MR) is 195 cm³/mol. The molecule has 0 aliphatic carbocycles. The van der Waals surface area contributed by atoms with Crippen molar-refractivity contribution in [1.29, 1.82) is 5.26 Å². The fraction of sp³-hybridized carbons (Fsp3) is 0. The minimum absolute atomic E-state index is 0.597. The Labute approximate surface area is 271 Å². The lowest BCUT2D eigenvalue weighted by atomic mass is 9.86. The smallest absolute Gasteiger partial charge is 0.137 e. The molecule has 0 bridgehead atoms. The van der Waals surface area contributed by atoms with Gasteiger partial charge in [0.05, 0.1) is 11.6 Å². The van der Waals surface area contributed by atoms with Crippen LogP contribution in [0, 0.1) is 11.3 Å². The first-order valence-electron chi connectivity index (χ1n) is 15.9. The van der Waals surface area contributed by atoms with Crippen LogP contribution in [-0.2, 0) is 0 Å². The van der Waals surface area contributed by atoms with Crippen molar-refractivity contribution < 1.29 is 4.74 Å². The Morgan fingerprint density at radius 2 is 1.00 bits per heavy atom. The lowest BCUT2D eigenvalue weighted by molar-refractivity contribution is 0.487. The molecule has 1 heterocycles. The van der Waals surface area contributed by atoms with E-state index in [1.165, 1.54) is 54.2 Å². The van der Waals surface area contributed by atoms with Crippen molar-refractivity contribution in [2.24, 2.45) is 0 Å². The molecule has 9 aromatic rings. The van der Waals surface area contributed by atoms with Crippen LogP contribution in [0.25, 0.3) is 87.2 Å².